The van der Waals surface area contributed by atoms with Gasteiger partial charge in [-0.05, 0) is 38.1 Å². The molecule has 7 heteroatoms. The maximum absolute atomic E-state index is 12.9. The first kappa shape index (κ1) is 16.7. The minimum Gasteiger partial charge on any atom is -0.268 e. The van der Waals surface area contributed by atoms with E-state index in [1.165, 1.54) is 17.8 Å². The third-order valence-electron chi connectivity index (χ3n) is 4.20. The summed E-state index contributed by atoms with van der Waals surface area (Å²) in [5, 5.41) is 6.46. The van der Waals surface area contributed by atoms with Gasteiger partial charge in [-0.15, -0.1) is 11.3 Å². The largest absolute Gasteiger partial charge is 0.268 e. The van der Waals surface area contributed by atoms with Crippen LogP contribution >= 0.6 is 11.3 Å². The number of thiophene rings is 1. The maximum Gasteiger partial charge on any atom is 0.244 e. The summed E-state index contributed by atoms with van der Waals surface area (Å²) >= 11 is 1.51. The molecule has 2 aromatic heterocycles. The van der Waals surface area contributed by atoms with Crippen molar-refractivity contribution in [3.63, 3.8) is 0 Å². The summed E-state index contributed by atoms with van der Waals surface area (Å²) in [5.74, 6) is 0. The van der Waals surface area contributed by atoms with E-state index in [0.29, 0.717) is 10.6 Å². The molecule has 0 atom stereocenters. The van der Waals surface area contributed by atoms with Crippen molar-refractivity contribution in [2.24, 2.45) is 0 Å². The molecule has 126 valence electrons. The topological polar surface area (TPSA) is 64.0 Å². The van der Waals surface area contributed by atoms with Crippen LogP contribution in [0, 0.1) is 0 Å². The van der Waals surface area contributed by atoms with Gasteiger partial charge in [0.2, 0.25) is 10.0 Å². The molecule has 0 aromatic carbocycles. The summed E-state index contributed by atoms with van der Waals surface area (Å²) in [6.07, 6.45) is 6.89. The van der Waals surface area contributed by atoms with Crippen molar-refractivity contribution >= 4 is 21.4 Å². The van der Waals surface area contributed by atoms with Crippen LogP contribution in [0.3, 0.4) is 0 Å². The molecule has 2 aromatic rings. The monoisotopic (exact) mass is 353 g/mol. The number of nitrogens with zero attached hydrogens (tertiary/aromatic N) is 2. The van der Waals surface area contributed by atoms with Crippen LogP contribution in [-0.4, -0.2) is 24.2 Å². The van der Waals surface area contributed by atoms with Gasteiger partial charge in [-0.3, -0.25) is 4.68 Å². The molecule has 3 rings (SSSR count). The number of rotatable bonds is 5. The molecule has 0 radical (unpaired) electrons. The Balaban J connectivity index is 1.96. The molecule has 0 saturated heterocycles. The average molecular weight is 354 g/mol. The number of sulfonamides is 1. The normalized spacial score (nSPS) is 17.0. The predicted molar refractivity (Wildman–Crippen MR) is 93.1 cm³/mol. The van der Waals surface area contributed by atoms with Crippen molar-refractivity contribution in [1.29, 1.82) is 0 Å². The van der Waals surface area contributed by atoms with Gasteiger partial charge in [-0.2, -0.15) is 5.10 Å². The highest BCUT2D eigenvalue weighted by Crippen LogP contribution is 2.31. The van der Waals surface area contributed by atoms with Gasteiger partial charge in [0.05, 0.1) is 4.88 Å². The maximum atomic E-state index is 12.9. The SMILES string of the molecule is CC(C)n1cc(S(=O)(=O)NC2CCCCC2)c(-c2cccs2)n1. The fraction of sp³-hybridized carbons (Fsp3) is 0.562. The molecule has 5 nitrogen and oxygen atoms in total. The second-order valence-electron chi connectivity index (χ2n) is 6.35. The second-order valence-corrected chi connectivity index (χ2v) is 8.98. The Labute approximate surface area is 141 Å². The van der Waals surface area contributed by atoms with Crippen molar-refractivity contribution < 1.29 is 8.42 Å². The lowest BCUT2D eigenvalue weighted by Gasteiger charge is -2.22. The van der Waals surface area contributed by atoms with E-state index in [2.05, 4.69) is 9.82 Å². The number of aromatic nitrogens is 2. The molecule has 1 aliphatic rings. The Morgan fingerprint density at radius 3 is 2.65 bits per heavy atom. The van der Waals surface area contributed by atoms with Crippen molar-refractivity contribution in [2.45, 2.75) is 62.9 Å². The van der Waals surface area contributed by atoms with Gasteiger partial charge in [0.25, 0.3) is 0 Å². The van der Waals surface area contributed by atoms with Gasteiger partial charge in [0.1, 0.15) is 10.6 Å². The summed E-state index contributed by atoms with van der Waals surface area (Å²) in [7, 11) is -3.56. The van der Waals surface area contributed by atoms with Gasteiger partial charge >= 0.3 is 0 Å². The summed E-state index contributed by atoms with van der Waals surface area (Å²) < 4.78 is 30.4. The van der Waals surface area contributed by atoms with E-state index < -0.39 is 10.0 Å². The molecule has 0 aliphatic heterocycles. The average Bonchev–Trinajstić information content (AvgIpc) is 3.17. The fourth-order valence-electron chi connectivity index (χ4n) is 2.92. The second kappa shape index (κ2) is 6.75. The first-order valence-corrected chi connectivity index (χ1v) is 10.5. The van der Waals surface area contributed by atoms with Crippen molar-refractivity contribution in [2.75, 3.05) is 0 Å². The van der Waals surface area contributed by atoms with E-state index in [4.69, 9.17) is 0 Å². The van der Waals surface area contributed by atoms with Crippen LogP contribution in [0.1, 0.15) is 52.0 Å². The minimum atomic E-state index is -3.56. The van der Waals surface area contributed by atoms with Crippen LogP contribution in [0.15, 0.2) is 28.6 Å². The third-order valence-corrected chi connectivity index (χ3v) is 6.60. The summed E-state index contributed by atoms with van der Waals surface area (Å²) in [6, 6.07) is 4.00. The Morgan fingerprint density at radius 1 is 1.30 bits per heavy atom. The van der Waals surface area contributed by atoms with Crippen molar-refractivity contribution in [1.82, 2.24) is 14.5 Å². The van der Waals surface area contributed by atoms with Crippen LogP contribution in [0.4, 0.5) is 0 Å². The van der Waals surface area contributed by atoms with E-state index in [0.717, 1.165) is 30.6 Å². The van der Waals surface area contributed by atoms with E-state index in [1.807, 2.05) is 31.4 Å². The standard InChI is InChI=1S/C16H23N3O2S2/c1-12(2)19-11-15(16(17-19)14-9-6-10-22-14)23(20,21)18-13-7-4-3-5-8-13/h6,9-13,18H,3-5,7-8H2,1-2H3. The van der Waals surface area contributed by atoms with E-state index >= 15 is 0 Å². The molecular formula is C16H23N3O2S2. The predicted octanol–water partition coefficient (Wildman–Crippen LogP) is 3.80. The molecule has 2 heterocycles. The molecule has 0 spiro atoms. The highest BCUT2D eigenvalue weighted by Gasteiger charge is 2.28. The zero-order chi connectivity index (χ0) is 16.4. The molecule has 1 aliphatic carbocycles. The molecule has 1 fully saturated rings. The fourth-order valence-corrected chi connectivity index (χ4v) is 5.16. The summed E-state index contributed by atoms with van der Waals surface area (Å²) in [6.45, 7) is 3.99. The summed E-state index contributed by atoms with van der Waals surface area (Å²) in [4.78, 5) is 1.17. The van der Waals surface area contributed by atoms with Gasteiger partial charge in [-0.25, -0.2) is 13.1 Å². The van der Waals surface area contributed by atoms with Crippen LogP contribution in [0.5, 0.6) is 0 Å². The van der Waals surface area contributed by atoms with Gasteiger partial charge < -0.3 is 0 Å². The molecule has 1 N–H and O–H groups in total. The molecular weight excluding hydrogens is 330 g/mol. The molecule has 0 amide bonds. The van der Waals surface area contributed by atoms with Crippen LogP contribution in [-0.2, 0) is 10.0 Å². The zero-order valence-corrected chi connectivity index (χ0v) is 15.2. The molecule has 0 unspecified atom stereocenters. The van der Waals surface area contributed by atoms with Crippen LogP contribution in [0.25, 0.3) is 10.6 Å². The zero-order valence-electron chi connectivity index (χ0n) is 13.5. The smallest absolute Gasteiger partial charge is 0.244 e. The molecule has 0 bridgehead atoms. The first-order chi connectivity index (χ1) is 11.0. The van der Waals surface area contributed by atoms with Gasteiger partial charge in [0, 0.05) is 18.3 Å². The van der Waals surface area contributed by atoms with Crippen LogP contribution in [0.2, 0.25) is 0 Å². The Morgan fingerprint density at radius 2 is 2.04 bits per heavy atom. The Kier molecular flexibility index (Phi) is 4.89. The minimum absolute atomic E-state index is 0.0485. The van der Waals surface area contributed by atoms with Gasteiger partial charge in [0.15, 0.2) is 0 Å². The van der Waals surface area contributed by atoms with E-state index in [-0.39, 0.29) is 12.1 Å². The van der Waals surface area contributed by atoms with Crippen LogP contribution < -0.4 is 4.72 Å². The van der Waals surface area contributed by atoms with Crippen molar-refractivity contribution in [3.05, 3.63) is 23.7 Å². The Bertz CT molecular complexity index is 742. The van der Waals surface area contributed by atoms with E-state index in [1.54, 1.807) is 10.9 Å². The quantitative estimate of drug-likeness (QED) is 0.889. The summed E-state index contributed by atoms with van der Waals surface area (Å²) in [5.41, 5.74) is 0.553. The third kappa shape index (κ3) is 3.67. The molecule has 23 heavy (non-hydrogen) atoms. The lowest BCUT2D eigenvalue weighted by atomic mass is 9.96. The first-order valence-electron chi connectivity index (χ1n) is 8.13. The lowest BCUT2D eigenvalue weighted by Crippen LogP contribution is -2.36. The van der Waals surface area contributed by atoms with Gasteiger partial charge in [-0.1, -0.05) is 25.3 Å². The number of hydrogen-bond acceptors (Lipinski definition) is 4. The highest BCUT2D eigenvalue weighted by atomic mass is 32.2. The lowest BCUT2D eigenvalue weighted by molar-refractivity contribution is 0.412. The van der Waals surface area contributed by atoms with Crippen molar-refractivity contribution in [3.8, 4) is 10.6 Å². The highest BCUT2D eigenvalue weighted by molar-refractivity contribution is 7.89. The number of nitrogens with one attached hydrogen (secondary N) is 1. The Hall–Kier alpha value is -1.18. The number of hydrogen-bond donors (Lipinski definition) is 1. The molecule has 1 saturated carbocycles. The van der Waals surface area contributed by atoms with E-state index in [9.17, 15) is 8.42 Å².